The Morgan fingerprint density at radius 2 is 1.79 bits per heavy atom. The third-order valence-electron chi connectivity index (χ3n) is 3.38. The van der Waals surface area contributed by atoms with Crippen LogP contribution in [0.25, 0.3) is 0 Å². The van der Waals surface area contributed by atoms with Gasteiger partial charge in [0.15, 0.2) is 9.84 Å². The van der Waals surface area contributed by atoms with Crippen molar-refractivity contribution in [3.63, 3.8) is 0 Å². The van der Waals surface area contributed by atoms with Crippen LogP contribution in [0.1, 0.15) is 5.56 Å². The maximum absolute atomic E-state index is 11.4. The van der Waals surface area contributed by atoms with Gasteiger partial charge in [-0.05, 0) is 12.0 Å². The first-order valence-electron chi connectivity index (χ1n) is 6.19. The summed E-state index contributed by atoms with van der Waals surface area (Å²) in [5, 5.41) is 9.33. The molecule has 0 amide bonds. The average Bonchev–Trinajstić information content (AvgIpc) is 2.37. The lowest BCUT2D eigenvalue weighted by molar-refractivity contribution is -0.143. The summed E-state index contributed by atoms with van der Waals surface area (Å²) in [5.41, 5.74) is 0.948. The fourth-order valence-electron chi connectivity index (χ4n) is 2.25. The summed E-state index contributed by atoms with van der Waals surface area (Å²) in [6.45, 7) is 0.596. The van der Waals surface area contributed by atoms with Gasteiger partial charge in [0, 0.05) is 13.1 Å². The van der Waals surface area contributed by atoms with Crippen molar-refractivity contribution in [1.29, 1.82) is 0 Å². The predicted octanol–water partition coefficient (Wildman–Crippen LogP) is 0.413. The van der Waals surface area contributed by atoms with Gasteiger partial charge in [-0.3, -0.25) is 9.69 Å². The lowest BCUT2D eigenvalue weighted by atomic mass is 10.0. The molecule has 0 aromatic heterocycles. The van der Waals surface area contributed by atoms with Gasteiger partial charge in [0.25, 0.3) is 0 Å². The van der Waals surface area contributed by atoms with E-state index in [9.17, 15) is 18.3 Å². The van der Waals surface area contributed by atoms with E-state index in [-0.39, 0.29) is 11.5 Å². The molecule has 5 nitrogen and oxygen atoms in total. The van der Waals surface area contributed by atoms with Crippen molar-refractivity contribution in [1.82, 2.24) is 4.90 Å². The summed E-state index contributed by atoms with van der Waals surface area (Å²) in [5.74, 6) is -0.805. The molecule has 104 valence electrons. The first kappa shape index (κ1) is 14.0. The van der Waals surface area contributed by atoms with Gasteiger partial charge in [0.1, 0.15) is 6.04 Å². The van der Waals surface area contributed by atoms with E-state index in [1.54, 1.807) is 4.90 Å². The predicted molar refractivity (Wildman–Crippen MR) is 71.8 cm³/mol. The second kappa shape index (κ2) is 5.71. The third-order valence-corrected chi connectivity index (χ3v) is 4.99. The lowest BCUT2D eigenvalue weighted by Crippen LogP contribution is -2.50. The Balaban J connectivity index is 2.07. The van der Waals surface area contributed by atoms with Crippen molar-refractivity contribution in [3.8, 4) is 0 Å². The van der Waals surface area contributed by atoms with Crippen molar-refractivity contribution >= 4 is 15.8 Å². The smallest absolute Gasteiger partial charge is 0.321 e. The molecule has 1 aliphatic rings. The van der Waals surface area contributed by atoms with Crippen LogP contribution < -0.4 is 0 Å². The zero-order chi connectivity index (χ0) is 13.9. The normalized spacial score (nSPS) is 20.8. The van der Waals surface area contributed by atoms with Gasteiger partial charge in [-0.25, -0.2) is 8.42 Å². The van der Waals surface area contributed by atoms with Crippen molar-refractivity contribution in [2.45, 2.75) is 12.5 Å². The Morgan fingerprint density at radius 3 is 2.32 bits per heavy atom. The Labute approximate surface area is 112 Å². The molecular formula is C13H17NO4S. The standard InChI is InChI=1S/C13H17NO4S/c15-13(16)12(10-11-4-2-1-3-5-11)14-6-8-19(17,18)9-7-14/h1-5,12H,6-10H2,(H,15,16)/t12-/m1/s1. The Morgan fingerprint density at radius 1 is 1.21 bits per heavy atom. The van der Waals surface area contributed by atoms with Crippen LogP contribution in [0.5, 0.6) is 0 Å². The van der Waals surface area contributed by atoms with Crippen LogP contribution in [0.3, 0.4) is 0 Å². The van der Waals surface area contributed by atoms with Crippen LogP contribution in [0, 0.1) is 0 Å². The molecule has 0 saturated carbocycles. The van der Waals surface area contributed by atoms with Crippen LogP contribution in [0.2, 0.25) is 0 Å². The van der Waals surface area contributed by atoms with Gasteiger partial charge in [-0.2, -0.15) is 0 Å². The number of carbonyl (C=O) groups is 1. The molecule has 0 unspecified atom stereocenters. The number of aliphatic carboxylic acids is 1. The number of hydrogen-bond donors (Lipinski definition) is 1. The Kier molecular flexibility index (Phi) is 4.21. The second-order valence-electron chi connectivity index (χ2n) is 4.73. The highest BCUT2D eigenvalue weighted by Gasteiger charge is 2.31. The van der Waals surface area contributed by atoms with E-state index in [2.05, 4.69) is 0 Å². The van der Waals surface area contributed by atoms with Crippen LogP contribution in [0.15, 0.2) is 30.3 Å². The average molecular weight is 283 g/mol. The minimum absolute atomic E-state index is 0.0472. The monoisotopic (exact) mass is 283 g/mol. The van der Waals surface area contributed by atoms with Gasteiger partial charge in [0.05, 0.1) is 11.5 Å². The largest absolute Gasteiger partial charge is 0.480 e. The van der Waals surface area contributed by atoms with Gasteiger partial charge in [0.2, 0.25) is 0 Å². The van der Waals surface area contributed by atoms with Crippen molar-refractivity contribution in [2.75, 3.05) is 24.6 Å². The molecule has 0 spiro atoms. The molecule has 6 heteroatoms. The van der Waals surface area contributed by atoms with Crippen molar-refractivity contribution in [2.24, 2.45) is 0 Å². The maximum Gasteiger partial charge on any atom is 0.321 e. The molecule has 1 atom stereocenters. The molecule has 0 radical (unpaired) electrons. The summed E-state index contributed by atoms with van der Waals surface area (Å²) in [6.07, 6.45) is 0.399. The molecule has 1 saturated heterocycles. The molecule has 1 aromatic rings. The van der Waals surface area contributed by atoms with E-state index in [1.807, 2.05) is 30.3 Å². The summed E-state index contributed by atoms with van der Waals surface area (Å²) < 4.78 is 22.7. The van der Waals surface area contributed by atoms with Crippen LogP contribution >= 0.6 is 0 Å². The lowest BCUT2D eigenvalue weighted by Gasteiger charge is -2.31. The molecule has 2 rings (SSSR count). The molecule has 1 heterocycles. The number of sulfone groups is 1. The van der Waals surface area contributed by atoms with E-state index in [4.69, 9.17) is 0 Å². The highest BCUT2D eigenvalue weighted by atomic mass is 32.2. The van der Waals surface area contributed by atoms with E-state index in [0.29, 0.717) is 19.5 Å². The summed E-state index contributed by atoms with van der Waals surface area (Å²) in [7, 11) is -2.98. The molecule has 1 aromatic carbocycles. The molecule has 1 fully saturated rings. The SMILES string of the molecule is O=C(O)[C@@H](Cc1ccccc1)N1CCS(=O)(=O)CC1. The summed E-state index contributed by atoms with van der Waals surface area (Å²) in [4.78, 5) is 13.1. The first-order chi connectivity index (χ1) is 8.98. The van der Waals surface area contributed by atoms with Gasteiger partial charge in [-0.15, -0.1) is 0 Å². The van der Waals surface area contributed by atoms with Crippen LogP contribution in [-0.2, 0) is 21.1 Å². The van der Waals surface area contributed by atoms with Gasteiger partial charge < -0.3 is 5.11 Å². The maximum atomic E-state index is 11.4. The van der Waals surface area contributed by atoms with Gasteiger partial charge >= 0.3 is 5.97 Å². The van der Waals surface area contributed by atoms with Crippen molar-refractivity contribution in [3.05, 3.63) is 35.9 Å². The number of carboxylic acid groups (broad SMARTS) is 1. The van der Waals surface area contributed by atoms with Crippen LogP contribution in [-0.4, -0.2) is 55.0 Å². The topological polar surface area (TPSA) is 74.7 Å². The molecule has 0 aliphatic carbocycles. The van der Waals surface area contributed by atoms with E-state index in [0.717, 1.165) is 5.56 Å². The quantitative estimate of drug-likeness (QED) is 0.866. The molecule has 19 heavy (non-hydrogen) atoms. The number of hydrogen-bond acceptors (Lipinski definition) is 4. The summed E-state index contributed by atoms with van der Waals surface area (Å²) in [6, 6.07) is 8.74. The second-order valence-corrected chi connectivity index (χ2v) is 7.04. The zero-order valence-electron chi connectivity index (χ0n) is 10.5. The van der Waals surface area contributed by atoms with Gasteiger partial charge in [-0.1, -0.05) is 30.3 Å². The highest BCUT2D eigenvalue weighted by molar-refractivity contribution is 7.91. The zero-order valence-corrected chi connectivity index (χ0v) is 11.3. The fraction of sp³-hybridized carbons (Fsp3) is 0.462. The number of rotatable bonds is 4. The highest BCUT2D eigenvalue weighted by Crippen LogP contribution is 2.13. The molecule has 0 bridgehead atoms. The molecule has 1 N–H and O–H groups in total. The van der Waals surface area contributed by atoms with E-state index < -0.39 is 21.8 Å². The Bertz CT molecular complexity index is 527. The number of carboxylic acids is 1. The fourth-order valence-corrected chi connectivity index (χ4v) is 3.48. The van der Waals surface area contributed by atoms with E-state index in [1.165, 1.54) is 0 Å². The molecule has 1 aliphatic heterocycles. The minimum Gasteiger partial charge on any atom is -0.480 e. The summed E-state index contributed by atoms with van der Waals surface area (Å²) >= 11 is 0. The van der Waals surface area contributed by atoms with Crippen molar-refractivity contribution < 1.29 is 18.3 Å². The Hall–Kier alpha value is -1.40. The molecular weight excluding hydrogens is 266 g/mol. The number of benzene rings is 1. The number of nitrogens with zero attached hydrogens (tertiary/aromatic N) is 1. The van der Waals surface area contributed by atoms with E-state index >= 15 is 0 Å². The third kappa shape index (κ3) is 3.78. The van der Waals surface area contributed by atoms with Crippen LogP contribution in [0.4, 0.5) is 0 Å². The minimum atomic E-state index is -2.98. The first-order valence-corrected chi connectivity index (χ1v) is 8.01.